The van der Waals surface area contributed by atoms with E-state index in [-0.39, 0.29) is 5.69 Å². The Morgan fingerprint density at radius 3 is 2.60 bits per heavy atom. The van der Waals surface area contributed by atoms with Crippen LogP contribution in [-0.4, -0.2) is 39.5 Å². The lowest BCUT2D eigenvalue weighted by molar-refractivity contribution is -0.179. The molecule has 2 rings (SSSR count). The van der Waals surface area contributed by atoms with Crippen LogP contribution in [0.5, 0.6) is 0 Å². The maximum Gasteiger partial charge on any atom is 0.411 e. The van der Waals surface area contributed by atoms with Crippen LogP contribution in [0.2, 0.25) is 0 Å². The summed E-state index contributed by atoms with van der Waals surface area (Å²) in [5.74, 6) is 0. The van der Waals surface area contributed by atoms with Gasteiger partial charge in [0.1, 0.15) is 12.7 Å². The van der Waals surface area contributed by atoms with Gasteiger partial charge in [-0.25, -0.2) is 4.68 Å². The number of ether oxygens (including phenoxy) is 1. The smallest absolute Gasteiger partial charge is 0.384 e. The topological polar surface area (TPSA) is 60.2 Å². The second-order valence-electron chi connectivity index (χ2n) is 4.05. The molecule has 0 saturated heterocycles. The fourth-order valence-electron chi connectivity index (χ4n) is 1.61. The van der Waals surface area contributed by atoms with Crippen molar-refractivity contribution in [3.8, 4) is 5.69 Å². The Bertz CT molecular complexity index is 542. The van der Waals surface area contributed by atoms with E-state index in [2.05, 4.69) is 15.0 Å². The van der Waals surface area contributed by atoms with Crippen LogP contribution in [0.15, 0.2) is 36.5 Å². The lowest BCUT2D eigenvalue weighted by atomic mass is 10.2. The van der Waals surface area contributed by atoms with E-state index in [0.29, 0.717) is 5.69 Å². The van der Waals surface area contributed by atoms with Gasteiger partial charge in [-0.15, -0.1) is 5.10 Å². The van der Waals surface area contributed by atoms with Crippen LogP contribution in [0.25, 0.3) is 5.69 Å². The molecular weight excluding hydrogens is 275 g/mol. The number of hydrogen-bond acceptors (Lipinski definition) is 4. The molecule has 0 aliphatic rings. The van der Waals surface area contributed by atoms with E-state index in [1.54, 1.807) is 24.3 Å². The number of hydrogen-bond donors (Lipinski definition) is 1. The van der Waals surface area contributed by atoms with Crippen molar-refractivity contribution >= 4 is 0 Å². The first-order chi connectivity index (χ1) is 9.47. The lowest BCUT2D eigenvalue weighted by Crippen LogP contribution is -2.20. The summed E-state index contributed by atoms with van der Waals surface area (Å²) in [7, 11) is 0. The van der Waals surface area contributed by atoms with Crippen molar-refractivity contribution in [3.63, 3.8) is 0 Å². The Balaban J connectivity index is 2.05. The second-order valence-corrected chi connectivity index (χ2v) is 4.05. The molecule has 1 atom stereocenters. The highest BCUT2D eigenvalue weighted by Gasteiger charge is 2.28. The molecule has 2 aromatic rings. The van der Waals surface area contributed by atoms with Gasteiger partial charge in [0.15, 0.2) is 0 Å². The fourth-order valence-corrected chi connectivity index (χ4v) is 1.61. The molecule has 0 spiro atoms. The van der Waals surface area contributed by atoms with Gasteiger partial charge in [0, 0.05) is 0 Å². The molecule has 0 saturated carbocycles. The Kier molecular flexibility index (Phi) is 4.35. The van der Waals surface area contributed by atoms with Crippen molar-refractivity contribution in [3.05, 3.63) is 42.2 Å². The zero-order chi connectivity index (χ0) is 14.6. The molecule has 20 heavy (non-hydrogen) atoms. The van der Waals surface area contributed by atoms with E-state index in [4.69, 9.17) is 0 Å². The van der Waals surface area contributed by atoms with Crippen LogP contribution in [-0.2, 0) is 4.74 Å². The maximum absolute atomic E-state index is 12.0. The van der Waals surface area contributed by atoms with Crippen molar-refractivity contribution in [1.29, 1.82) is 0 Å². The summed E-state index contributed by atoms with van der Waals surface area (Å²) in [4.78, 5) is 0. The molecule has 0 bridgehead atoms. The van der Waals surface area contributed by atoms with Crippen LogP contribution in [0.3, 0.4) is 0 Å². The quantitative estimate of drug-likeness (QED) is 0.912. The second kappa shape index (κ2) is 6.02. The first-order valence-electron chi connectivity index (χ1n) is 5.76. The summed E-state index contributed by atoms with van der Waals surface area (Å²) < 4.78 is 41.6. The van der Waals surface area contributed by atoms with Crippen molar-refractivity contribution in [2.24, 2.45) is 0 Å². The Hall–Kier alpha value is -1.93. The predicted octanol–water partition coefficient (Wildman–Crippen LogP) is 1.88. The molecule has 0 radical (unpaired) electrons. The Labute approximate surface area is 112 Å². The normalized spacial score (nSPS) is 13.4. The first kappa shape index (κ1) is 14.5. The molecule has 5 nitrogen and oxygen atoms in total. The lowest BCUT2D eigenvalue weighted by Gasteiger charge is -2.13. The average molecular weight is 287 g/mol. The zero-order valence-electron chi connectivity index (χ0n) is 10.3. The molecule has 1 aromatic heterocycles. The number of aromatic nitrogens is 3. The minimum atomic E-state index is -4.42. The van der Waals surface area contributed by atoms with Crippen LogP contribution in [0.1, 0.15) is 11.8 Å². The summed E-state index contributed by atoms with van der Waals surface area (Å²) in [6.45, 7) is -1.89. The third-order valence-electron chi connectivity index (χ3n) is 2.46. The minimum absolute atomic E-state index is 0.262. The molecular formula is C12H12F3N3O2. The molecule has 0 amide bonds. The molecule has 0 aliphatic heterocycles. The highest BCUT2D eigenvalue weighted by molar-refractivity contribution is 5.31. The van der Waals surface area contributed by atoms with E-state index in [9.17, 15) is 18.3 Å². The SMILES string of the molecule is OC(COCC(F)(F)F)c1cnnn1-c1ccccc1. The van der Waals surface area contributed by atoms with Crippen LogP contribution >= 0.6 is 0 Å². The molecule has 108 valence electrons. The summed E-state index contributed by atoms with van der Waals surface area (Å²) in [5.41, 5.74) is 0.910. The van der Waals surface area contributed by atoms with E-state index in [1.807, 2.05) is 6.07 Å². The van der Waals surface area contributed by atoms with Crippen molar-refractivity contribution in [2.45, 2.75) is 12.3 Å². The number of aliphatic hydroxyl groups excluding tert-OH is 1. The van der Waals surface area contributed by atoms with Crippen molar-refractivity contribution in [2.75, 3.05) is 13.2 Å². The predicted molar refractivity (Wildman–Crippen MR) is 63.2 cm³/mol. The molecule has 1 heterocycles. The molecule has 1 N–H and O–H groups in total. The van der Waals surface area contributed by atoms with Gasteiger partial charge in [-0.1, -0.05) is 23.4 Å². The van der Waals surface area contributed by atoms with E-state index in [0.717, 1.165) is 0 Å². The number of rotatable bonds is 5. The highest BCUT2D eigenvalue weighted by Crippen LogP contribution is 2.19. The third-order valence-corrected chi connectivity index (χ3v) is 2.46. The van der Waals surface area contributed by atoms with Crippen LogP contribution in [0, 0.1) is 0 Å². The van der Waals surface area contributed by atoms with E-state index in [1.165, 1.54) is 10.9 Å². The highest BCUT2D eigenvalue weighted by atomic mass is 19.4. The van der Waals surface area contributed by atoms with Gasteiger partial charge < -0.3 is 9.84 Å². The summed E-state index contributed by atoms with van der Waals surface area (Å²) in [5, 5.41) is 17.3. The van der Waals surface area contributed by atoms with Crippen molar-refractivity contribution < 1.29 is 23.0 Å². The first-order valence-corrected chi connectivity index (χ1v) is 5.76. The summed E-state index contributed by atoms with van der Waals surface area (Å²) in [6, 6.07) is 8.83. The molecule has 0 fully saturated rings. The third kappa shape index (κ3) is 3.78. The summed E-state index contributed by atoms with van der Waals surface area (Å²) >= 11 is 0. The average Bonchev–Trinajstić information content (AvgIpc) is 2.87. The fraction of sp³-hybridized carbons (Fsp3) is 0.333. The van der Waals surface area contributed by atoms with Crippen molar-refractivity contribution in [1.82, 2.24) is 15.0 Å². The number of aliphatic hydroxyl groups is 1. The van der Waals surface area contributed by atoms with Gasteiger partial charge in [0.25, 0.3) is 0 Å². The molecule has 8 heteroatoms. The van der Waals surface area contributed by atoms with Gasteiger partial charge in [0.2, 0.25) is 0 Å². The monoisotopic (exact) mass is 287 g/mol. The molecule has 1 aromatic carbocycles. The van der Waals surface area contributed by atoms with Gasteiger partial charge in [0.05, 0.1) is 24.2 Å². The largest absolute Gasteiger partial charge is 0.411 e. The Morgan fingerprint density at radius 1 is 1.25 bits per heavy atom. The van der Waals surface area contributed by atoms with Gasteiger partial charge in [-0.2, -0.15) is 13.2 Å². The Morgan fingerprint density at radius 2 is 1.95 bits per heavy atom. The van der Waals surface area contributed by atoms with Gasteiger partial charge in [-0.05, 0) is 12.1 Å². The van der Waals surface area contributed by atoms with E-state index < -0.39 is 25.5 Å². The number of benzene rings is 1. The maximum atomic E-state index is 12.0. The molecule has 0 aliphatic carbocycles. The number of halogens is 3. The minimum Gasteiger partial charge on any atom is -0.384 e. The number of nitrogens with zero attached hydrogens (tertiary/aromatic N) is 3. The zero-order valence-corrected chi connectivity index (χ0v) is 10.3. The van der Waals surface area contributed by atoms with Gasteiger partial charge >= 0.3 is 6.18 Å². The van der Waals surface area contributed by atoms with Gasteiger partial charge in [-0.3, -0.25) is 0 Å². The standard InChI is InChI=1S/C12H12F3N3O2/c13-12(14,15)8-20-7-11(19)10-6-16-17-18(10)9-4-2-1-3-5-9/h1-6,11,19H,7-8H2. The van der Waals surface area contributed by atoms with Crippen LogP contribution in [0.4, 0.5) is 13.2 Å². The number of alkyl halides is 3. The van der Waals surface area contributed by atoms with Crippen LogP contribution < -0.4 is 0 Å². The van der Waals surface area contributed by atoms with E-state index >= 15 is 0 Å². The number of para-hydroxylation sites is 1. The summed E-state index contributed by atoms with van der Waals surface area (Å²) in [6.07, 6.45) is -4.38. The molecule has 1 unspecified atom stereocenters.